The van der Waals surface area contributed by atoms with E-state index in [9.17, 15) is 22.4 Å². The number of anilines is 1. The van der Waals surface area contributed by atoms with Crippen LogP contribution in [0.15, 0.2) is 48.5 Å². The molecule has 3 aromatic rings. The lowest BCUT2D eigenvalue weighted by Crippen LogP contribution is -2.14. The van der Waals surface area contributed by atoms with Gasteiger partial charge < -0.3 is 5.32 Å². The first-order valence-electron chi connectivity index (χ1n) is 8.43. The SMILES string of the molecule is Cc1nn(Cc2ccccc2F)c(C)c1NC(=O)c1ccc(C(F)(F)F)cc1. The number of carbonyl (C=O) groups excluding carboxylic acids is 1. The van der Waals surface area contributed by atoms with E-state index in [2.05, 4.69) is 10.4 Å². The third-order valence-electron chi connectivity index (χ3n) is 4.37. The van der Waals surface area contributed by atoms with E-state index in [4.69, 9.17) is 0 Å². The Morgan fingerprint density at radius 3 is 2.32 bits per heavy atom. The van der Waals surface area contributed by atoms with Gasteiger partial charge in [-0.1, -0.05) is 18.2 Å². The monoisotopic (exact) mass is 391 g/mol. The molecule has 0 unspecified atom stereocenters. The number of alkyl halides is 3. The molecule has 0 aliphatic heterocycles. The Kier molecular flexibility index (Phi) is 5.22. The maximum Gasteiger partial charge on any atom is 0.416 e. The fourth-order valence-corrected chi connectivity index (χ4v) is 2.82. The Morgan fingerprint density at radius 2 is 1.71 bits per heavy atom. The average Bonchev–Trinajstić information content (AvgIpc) is 2.90. The molecule has 0 aliphatic carbocycles. The van der Waals surface area contributed by atoms with E-state index in [1.165, 1.54) is 6.07 Å². The number of nitrogens with zero attached hydrogens (tertiary/aromatic N) is 2. The quantitative estimate of drug-likeness (QED) is 0.639. The molecule has 0 saturated heterocycles. The summed E-state index contributed by atoms with van der Waals surface area (Å²) in [5.41, 5.74) is 1.30. The summed E-state index contributed by atoms with van der Waals surface area (Å²) in [4.78, 5) is 12.4. The average molecular weight is 391 g/mol. The predicted molar refractivity (Wildman–Crippen MR) is 96.6 cm³/mol. The van der Waals surface area contributed by atoms with Crippen LogP contribution in [0.3, 0.4) is 0 Å². The van der Waals surface area contributed by atoms with Crippen molar-refractivity contribution in [3.63, 3.8) is 0 Å². The highest BCUT2D eigenvalue weighted by molar-refractivity contribution is 6.04. The minimum atomic E-state index is -4.46. The van der Waals surface area contributed by atoms with Crippen LogP contribution < -0.4 is 5.32 Å². The van der Waals surface area contributed by atoms with E-state index in [0.717, 1.165) is 24.3 Å². The van der Waals surface area contributed by atoms with Crippen molar-refractivity contribution in [1.29, 1.82) is 0 Å². The highest BCUT2D eigenvalue weighted by atomic mass is 19.4. The Morgan fingerprint density at radius 1 is 1.07 bits per heavy atom. The van der Waals surface area contributed by atoms with E-state index in [1.807, 2.05) is 0 Å². The normalized spacial score (nSPS) is 11.5. The van der Waals surface area contributed by atoms with Gasteiger partial charge in [0.25, 0.3) is 5.91 Å². The highest BCUT2D eigenvalue weighted by Crippen LogP contribution is 2.29. The van der Waals surface area contributed by atoms with Crippen LogP contribution in [0.25, 0.3) is 0 Å². The summed E-state index contributed by atoms with van der Waals surface area (Å²) in [5.74, 6) is -0.907. The van der Waals surface area contributed by atoms with E-state index in [1.54, 1.807) is 36.7 Å². The first-order valence-corrected chi connectivity index (χ1v) is 8.43. The van der Waals surface area contributed by atoms with E-state index < -0.39 is 17.6 Å². The molecule has 0 radical (unpaired) electrons. The van der Waals surface area contributed by atoms with Crippen LogP contribution in [0.4, 0.5) is 23.2 Å². The van der Waals surface area contributed by atoms with E-state index in [-0.39, 0.29) is 17.9 Å². The summed E-state index contributed by atoms with van der Waals surface area (Å²) in [5, 5.41) is 7.00. The van der Waals surface area contributed by atoms with Crippen molar-refractivity contribution in [2.75, 3.05) is 5.32 Å². The number of amides is 1. The van der Waals surface area contributed by atoms with Gasteiger partial charge in [0, 0.05) is 11.1 Å². The smallest absolute Gasteiger partial charge is 0.319 e. The number of aromatic nitrogens is 2. The number of hydrogen-bond acceptors (Lipinski definition) is 2. The molecule has 0 atom stereocenters. The molecule has 1 heterocycles. The highest BCUT2D eigenvalue weighted by Gasteiger charge is 2.30. The van der Waals surface area contributed by atoms with Crippen LogP contribution in [0, 0.1) is 19.7 Å². The van der Waals surface area contributed by atoms with E-state index in [0.29, 0.717) is 22.6 Å². The first-order chi connectivity index (χ1) is 13.2. The van der Waals surface area contributed by atoms with Crippen LogP contribution in [0.1, 0.15) is 32.9 Å². The molecule has 1 aromatic heterocycles. The molecule has 8 heteroatoms. The van der Waals surface area contributed by atoms with Gasteiger partial charge in [0.15, 0.2) is 0 Å². The molecular formula is C20H17F4N3O. The summed E-state index contributed by atoms with van der Waals surface area (Å²) >= 11 is 0. The van der Waals surface area contributed by atoms with Gasteiger partial charge in [-0.2, -0.15) is 18.3 Å². The van der Waals surface area contributed by atoms with Crippen molar-refractivity contribution < 1.29 is 22.4 Å². The van der Waals surface area contributed by atoms with Crippen LogP contribution in [0.2, 0.25) is 0 Å². The summed E-state index contributed by atoms with van der Waals surface area (Å²) in [6.45, 7) is 3.60. The number of benzene rings is 2. The minimum Gasteiger partial charge on any atom is -0.319 e. The molecule has 28 heavy (non-hydrogen) atoms. The van der Waals surface area contributed by atoms with Gasteiger partial charge in [-0.05, 0) is 44.2 Å². The molecule has 0 saturated carbocycles. The second kappa shape index (κ2) is 7.46. The van der Waals surface area contributed by atoms with Gasteiger partial charge in [-0.15, -0.1) is 0 Å². The van der Waals surface area contributed by atoms with Crippen molar-refractivity contribution in [2.24, 2.45) is 0 Å². The Hall–Kier alpha value is -3.16. The summed E-state index contributed by atoms with van der Waals surface area (Å²) < 4.78 is 53.4. The van der Waals surface area contributed by atoms with Crippen LogP contribution >= 0.6 is 0 Å². The molecule has 0 aliphatic rings. The standard InChI is InChI=1S/C20H17F4N3O/c1-12-18(13(2)27(26-12)11-15-5-3-4-6-17(15)21)25-19(28)14-7-9-16(10-8-14)20(22,23)24/h3-10H,11H2,1-2H3,(H,25,28). The number of carbonyl (C=O) groups is 1. The molecule has 0 fully saturated rings. The Bertz CT molecular complexity index is 1010. The minimum absolute atomic E-state index is 0.0913. The van der Waals surface area contributed by atoms with Gasteiger partial charge in [-0.3, -0.25) is 9.48 Å². The van der Waals surface area contributed by atoms with Crippen LogP contribution in [0.5, 0.6) is 0 Å². The van der Waals surface area contributed by atoms with Crippen LogP contribution in [-0.2, 0) is 12.7 Å². The molecule has 146 valence electrons. The van der Waals surface area contributed by atoms with Crippen molar-refractivity contribution in [3.8, 4) is 0 Å². The van der Waals surface area contributed by atoms with Crippen molar-refractivity contribution in [3.05, 3.63) is 82.4 Å². The summed E-state index contributed by atoms with van der Waals surface area (Å²) in [6, 6.07) is 10.3. The number of rotatable bonds is 4. The lowest BCUT2D eigenvalue weighted by molar-refractivity contribution is -0.137. The number of aryl methyl sites for hydroxylation is 1. The second-order valence-electron chi connectivity index (χ2n) is 6.32. The van der Waals surface area contributed by atoms with Crippen molar-refractivity contribution >= 4 is 11.6 Å². The molecule has 4 nitrogen and oxygen atoms in total. The zero-order valence-corrected chi connectivity index (χ0v) is 15.1. The van der Waals surface area contributed by atoms with E-state index >= 15 is 0 Å². The number of halogens is 4. The van der Waals surface area contributed by atoms with Gasteiger partial charge in [0.1, 0.15) is 5.82 Å². The third-order valence-corrected chi connectivity index (χ3v) is 4.37. The Balaban J connectivity index is 1.80. The zero-order valence-electron chi connectivity index (χ0n) is 15.1. The molecule has 3 rings (SSSR count). The first kappa shape index (κ1) is 19.6. The van der Waals surface area contributed by atoms with Gasteiger partial charge in [0.05, 0.1) is 29.2 Å². The molecule has 1 N–H and O–H groups in total. The molecule has 0 spiro atoms. The maximum atomic E-state index is 13.9. The maximum absolute atomic E-state index is 13.9. The molecule has 2 aromatic carbocycles. The third kappa shape index (κ3) is 4.05. The van der Waals surface area contributed by atoms with Gasteiger partial charge in [0.2, 0.25) is 0 Å². The van der Waals surface area contributed by atoms with Crippen molar-refractivity contribution in [2.45, 2.75) is 26.6 Å². The predicted octanol–water partition coefficient (Wildman–Crippen LogP) is 4.96. The summed E-state index contributed by atoms with van der Waals surface area (Å²) in [7, 11) is 0. The summed E-state index contributed by atoms with van der Waals surface area (Å²) in [6.07, 6.45) is -4.46. The topological polar surface area (TPSA) is 46.9 Å². The van der Waals surface area contributed by atoms with Crippen LogP contribution in [-0.4, -0.2) is 15.7 Å². The molecule has 0 bridgehead atoms. The molecular weight excluding hydrogens is 374 g/mol. The van der Waals surface area contributed by atoms with Crippen molar-refractivity contribution in [1.82, 2.24) is 9.78 Å². The Labute approximate surface area is 158 Å². The zero-order chi connectivity index (χ0) is 20.5. The lowest BCUT2D eigenvalue weighted by atomic mass is 10.1. The fraction of sp³-hybridized carbons (Fsp3) is 0.200. The fourth-order valence-electron chi connectivity index (χ4n) is 2.82. The molecule has 1 amide bonds. The largest absolute Gasteiger partial charge is 0.416 e. The van der Waals surface area contributed by atoms with Gasteiger partial charge >= 0.3 is 6.18 Å². The number of nitrogens with one attached hydrogen (secondary N) is 1. The lowest BCUT2D eigenvalue weighted by Gasteiger charge is -2.09. The van der Waals surface area contributed by atoms with Gasteiger partial charge in [-0.25, -0.2) is 4.39 Å². The number of hydrogen-bond donors (Lipinski definition) is 1. The second-order valence-corrected chi connectivity index (χ2v) is 6.32.